The number of ether oxygens (including phenoxy) is 1. The number of urea groups is 1. The number of nitrogens with one attached hydrogen (secondary N) is 1. The average molecular weight is 276 g/mol. The molecule has 0 radical (unpaired) electrons. The summed E-state index contributed by atoms with van der Waals surface area (Å²) in [7, 11) is 1.62. The van der Waals surface area contributed by atoms with Crippen LogP contribution in [0.3, 0.4) is 0 Å². The lowest BCUT2D eigenvalue weighted by molar-refractivity contribution is -0.139. The highest BCUT2D eigenvalue weighted by atomic mass is 32.2. The van der Waals surface area contributed by atoms with Crippen LogP contribution in [0.25, 0.3) is 0 Å². The standard InChI is InChI=1S/C11H20N2O4S/c1-17-8-3-5-13(7-8)11(16)12-9(10(14)15)4-6-18-2/h8-9H,3-7H2,1-2H3,(H,12,16)(H,14,15)/t8?,9-/m1/s1. The van der Waals surface area contributed by atoms with Crippen molar-refractivity contribution in [1.29, 1.82) is 0 Å². The Balaban J connectivity index is 2.43. The van der Waals surface area contributed by atoms with E-state index < -0.39 is 12.0 Å². The van der Waals surface area contributed by atoms with Crippen LogP contribution in [0.4, 0.5) is 4.79 Å². The van der Waals surface area contributed by atoms with E-state index >= 15 is 0 Å². The van der Waals surface area contributed by atoms with Crippen LogP contribution in [0.5, 0.6) is 0 Å². The van der Waals surface area contributed by atoms with Crippen molar-refractivity contribution in [3.05, 3.63) is 0 Å². The lowest BCUT2D eigenvalue weighted by atomic mass is 10.2. The number of hydrogen-bond donors (Lipinski definition) is 2. The first-order valence-corrected chi connectivity index (χ1v) is 7.27. The number of methoxy groups -OCH3 is 1. The van der Waals surface area contributed by atoms with Gasteiger partial charge < -0.3 is 20.1 Å². The van der Waals surface area contributed by atoms with Gasteiger partial charge >= 0.3 is 12.0 Å². The number of likely N-dealkylation sites (tertiary alicyclic amines) is 1. The van der Waals surface area contributed by atoms with E-state index in [4.69, 9.17) is 9.84 Å². The lowest BCUT2D eigenvalue weighted by Crippen LogP contribution is -2.47. The van der Waals surface area contributed by atoms with Gasteiger partial charge in [0.05, 0.1) is 6.10 Å². The Morgan fingerprint density at radius 1 is 1.61 bits per heavy atom. The third-order valence-corrected chi connectivity index (χ3v) is 3.62. The van der Waals surface area contributed by atoms with E-state index in [2.05, 4.69) is 5.32 Å². The molecule has 0 aromatic rings. The molecular weight excluding hydrogens is 256 g/mol. The fourth-order valence-corrected chi connectivity index (χ4v) is 2.31. The van der Waals surface area contributed by atoms with Gasteiger partial charge in [0.15, 0.2) is 0 Å². The van der Waals surface area contributed by atoms with Crippen molar-refractivity contribution < 1.29 is 19.4 Å². The summed E-state index contributed by atoms with van der Waals surface area (Å²) >= 11 is 1.56. The molecule has 18 heavy (non-hydrogen) atoms. The lowest BCUT2D eigenvalue weighted by Gasteiger charge is -2.20. The first kappa shape index (κ1) is 15.1. The van der Waals surface area contributed by atoms with Crippen molar-refractivity contribution in [3.8, 4) is 0 Å². The normalized spacial score (nSPS) is 20.8. The van der Waals surface area contributed by atoms with Gasteiger partial charge in [0.1, 0.15) is 6.04 Å². The van der Waals surface area contributed by atoms with Crippen molar-refractivity contribution in [1.82, 2.24) is 10.2 Å². The topological polar surface area (TPSA) is 78.9 Å². The monoisotopic (exact) mass is 276 g/mol. The maximum absolute atomic E-state index is 11.9. The van der Waals surface area contributed by atoms with Crippen LogP contribution in [0.2, 0.25) is 0 Å². The number of carboxylic acid groups (broad SMARTS) is 1. The zero-order valence-electron chi connectivity index (χ0n) is 10.7. The second-order valence-electron chi connectivity index (χ2n) is 4.21. The van der Waals surface area contributed by atoms with Crippen molar-refractivity contribution in [2.24, 2.45) is 0 Å². The molecule has 1 rings (SSSR count). The molecule has 1 unspecified atom stereocenters. The van der Waals surface area contributed by atoms with E-state index in [9.17, 15) is 9.59 Å². The number of thioether (sulfide) groups is 1. The number of carbonyl (C=O) groups is 2. The molecule has 0 aromatic carbocycles. The summed E-state index contributed by atoms with van der Waals surface area (Å²) in [6.45, 7) is 1.14. The fraction of sp³-hybridized carbons (Fsp3) is 0.818. The molecule has 6 nitrogen and oxygen atoms in total. The fourth-order valence-electron chi connectivity index (χ4n) is 1.84. The Bertz CT molecular complexity index is 301. The second-order valence-corrected chi connectivity index (χ2v) is 5.20. The zero-order chi connectivity index (χ0) is 13.5. The number of aliphatic carboxylic acids is 1. The predicted octanol–water partition coefficient (Wildman–Crippen LogP) is 0.623. The smallest absolute Gasteiger partial charge is 0.326 e. The van der Waals surface area contributed by atoms with Gasteiger partial charge in [-0.2, -0.15) is 11.8 Å². The zero-order valence-corrected chi connectivity index (χ0v) is 11.5. The summed E-state index contributed by atoms with van der Waals surface area (Å²) in [5, 5.41) is 11.6. The van der Waals surface area contributed by atoms with Gasteiger partial charge in [-0.25, -0.2) is 9.59 Å². The highest BCUT2D eigenvalue weighted by molar-refractivity contribution is 7.98. The molecule has 2 N–H and O–H groups in total. The van der Waals surface area contributed by atoms with Gasteiger partial charge in [-0.15, -0.1) is 0 Å². The van der Waals surface area contributed by atoms with Crippen LogP contribution in [0.1, 0.15) is 12.8 Å². The molecule has 0 bridgehead atoms. The average Bonchev–Trinajstić information content (AvgIpc) is 2.82. The first-order valence-electron chi connectivity index (χ1n) is 5.88. The largest absolute Gasteiger partial charge is 0.480 e. The van der Waals surface area contributed by atoms with Crippen LogP contribution in [-0.4, -0.2) is 66.4 Å². The van der Waals surface area contributed by atoms with Crippen LogP contribution < -0.4 is 5.32 Å². The number of nitrogens with zero attached hydrogens (tertiary/aromatic N) is 1. The molecule has 2 atom stereocenters. The number of carbonyl (C=O) groups excluding carboxylic acids is 1. The van der Waals surface area contributed by atoms with Gasteiger partial charge in [-0.1, -0.05) is 0 Å². The summed E-state index contributed by atoms with van der Waals surface area (Å²) in [6.07, 6.45) is 3.20. The molecule has 104 valence electrons. The predicted molar refractivity (Wildman–Crippen MR) is 69.9 cm³/mol. The van der Waals surface area contributed by atoms with Gasteiger partial charge in [0.25, 0.3) is 0 Å². The van der Waals surface area contributed by atoms with Gasteiger partial charge in [-0.3, -0.25) is 0 Å². The van der Waals surface area contributed by atoms with Crippen LogP contribution in [0, 0.1) is 0 Å². The summed E-state index contributed by atoms with van der Waals surface area (Å²) in [6, 6.07) is -1.13. The Morgan fingerprint density at radius 3 is 2.83 bits per heavy atom. The Kier molecular flexibility index (Phi) is 6.28. The SMILES string of the molecule is COC1CCN(C(=O)N[C@H](CCSC)C(=O)O)C1. The molecule has 0 saturated carbocycles. The van der Waals surface area contributed by atoms with Crippen LogP contribution in [-0.2, 0) is 9.53 Å². The number of carboxylic acids is 1. The molecule has 1 saturated heterocycles. The summed E-state index contributed by atoms with van der Waals surface area (Å²) < 4.78 is 5.17. The quantitative estimate of drug-likeness (QED) is 0.743. The molecule has 1 heterocycles. The van der Waals surface area contributed by atoms with E-state index in [0.717, 1.165) is 6.42 Å². The Morgan fingerprint density at radius 2 is 2.33 bits per heavy atom. The molecule has 1 aliphatic heterocycles. The first-order chi connectivity index (χ1) is 8.58. The van der Waals surface area contributed by atoms with Crippen LogP contribution >= 0.6 is 11.8 Å². The Labute approximate surface area is 111 Å². The van der Waals surface area contributed by atoms with E-state index in [-0.39, 0.29) is 12.1 Å². The molecule has 1 fully saturated rings. The summed E-state index contributed by atoms with van der Waals surface area (Å²) in [4.78, 5) is 24.5. The minimum Gasteiger partial charge on any atom is -0.480 e. The van der Waals surface area contributed by atoms with Gasteiger partial charge in [0.2, 0.25) is 0 Å². The third-order valence-electron chi connectivity index (χ3n) is 2.97. The molecule has 0 aromatic heterocycles. The van der Waals surface area contributed by atoms with Gasteiger partial charge in [0, 0.05) is 20.2 Å². The molecule has 2 amide bonds. The number of hydrogen-bond acceptors (Lipinski definition) is 4. The molecule has 7 heteroatoms. The maximum atomic E-state index is 11.9. The number of rotatable bonds is 6. The second kappa shape index (κ2) is 7.48. The third kappa shape index (κ3) is 4.38. The maximum Gasteiger partial charge on any atom is 0.326 e. The molecule has 1 aliphatic rings. The number of amides is 2. The summed E-state index contributed by atoms with van der Waals surface area (Å²) in [5.74, 6) is -0.280. The van der Waals surface area contributed by atoms with Crippen LogP contribution in [0.15, 0.2) is 0 Å². The van der Waals surface area contributed by atoms with E-state index in [1.54, 1.807) is 23.8 Å². The van der Waals surface area contributed by atoms with Gasteiger partial charge in [-0.05, 0) is 24.9 Å². The Hall–Kier alpha value is -0.950. The van der Waals surface area contributed by atoms with E-state index in [0.29, 0.717) is 25.3 Å². The van der Waals surface area contributed by atoms with E-state index in [1.165, 1.54) is 0 Å². The van der Waals surface area contributed by atoms with Crippen molar-refractivity contribution >= 4 is 23.8 Å². The highest BCUT2D eigenvalue weighted by Crippen LogP contribution is 2.12. The minimum absolute atomic E-state index is 0.0604. The molecular formula is C11H20N2O4S. The van der Waals surface area contributed by atoms with Crippen molar-refractivity contribution in [3.63, 3.8) is 0 Å². The molecule has 0 spiro atoms. The minimum atomic E-state index is -0.986. The molecule has 0 aliphatic carbocycles. The highest BCUT2D eigenvalue weighted by Gasteiger charge is 2.28. The van der Waals surface area contributed by atoms with Crippen molar-refractivity contribution in [2.75, 3.05) is 32.2 Å². The summed E-state index contributed by atoms with van der Waals surface area (Å²) in [5.41, 5.74) is 0. The van der Waals surface area contributed by atoms with E-state index in [1.807, 2.05) is 6.26 Å². The van der Waals surface area contributed by atoms with Crippen molar-refractivity contribution in [2.45, 2.75) is 25.0 Å².